The summed E-state index contributed by atoms with van der Waals surface area (Å²) in [5.74, 6) is 1.40. The first-order chi connectivity index (χ1) is 14.6. The van der Waals surface area contributed by atoms with Gasteiger partial charge in [-0.25, -0.2) is 0 Å². The van der Waals surface area contributed by atoms with Crippen molar-refractivity contribution in [1.82, 2.24) is 9.80 Å². The van der Waals surface area contributed by atoms with Crippen LogP contribution in [0.5, 0.6) is 11.5 Å². The quantitative estimate of drug-likeness (QED) is 0.485. The predicted octanol–water partition coefficient (Wildman–Crippen LogP) is 4.97. The van der Waals surface area contributed by atoms with E-state index in [1.165, 1.54) is 6.42 Å². The lowest BCUT2D eigenvalue weighted by Crippen LogP contribution is -2.32. The van der Waals surface area contributed by atoms with Crippen LogP contribution in [-0.4, -0.2) is 64.7 Å². The zero-order valence-corrected chi connectivity index (χ0v) is 21.5. The van der Waals surface area contributed by atoms with Crippen molar-refractivity contribution in [3.63, 3.8) is 0 Å². The van der Waals surface area contributed by atoms with Gasteiger partial charge in [-0.1, -0.05) is 47.1 Å². The Labute approximate surface area is 191 Å². The van der Waals surface area contributed by atoms with Gasteiger partial charge >= 0.3 is 0 Å². The fraction of sp³-hybridized carbons (Fsp3) is 0.680. The highest BCUT2D eigenvalue weighted by Gasteiger charge is 2.36. The Morgan fingerprint density at radius 2 is 1.61 bits per heavy atom. The number of carbonyl (C=O) groups is 1. The van der Waals surface area contributed by atoms with E-state index in [0.717, 1.165) is 24.9 Å². The van der Waals surface area contributed by atoms with Crippen molar-refractivity contribution in [1.29, 1.82) is 5.26 Å². The zero-order chi connectivity index (χ0) is 24.4. The number of ether oxygens (including phenoxy) is 2. The van der Waals surface area contributed by atoms with Crippen molar-refractivity contribution < 1.29 is 14.3 Å². The number of nitrogens with zero attached hydrogens (tertiary/aromatic N) is 3. The molecule has 1 aromatic carbocycles. The maximum absolute atomic E-state index is 10.7. The average molecular weight is 436 g/mol. The summed E-state index contributed by atoms with van der Waals surface area (Å²) in [5, 5.41) is 9.91. The van der Waals surface area contributed by atoms with Gasteiger partial charge in [0.2, 0.25) is 6.41 Å². The molecule has 0 fully saturated rings. The van der Waals surface area contributed by atoms with Crippen LogP contribution in [0, 0.1) is 17.2 Å². The lowest BCUT2D eigenvalue weighted by atomic mass is 9.69. The van der Waals surface area contributed by atoms with Gasteiger partial charge in [0, 0.05) is 13.6 Å². The van der Waals surface area contributed by atoms with Crippen molar-refractivity contribution in [3.05, 3.63) is 23.8 Å². The molecule has 0 aromatic heterocycles. The molecule has 0 bridgehead atoms. The average Bonchev–Trinajstić information content (AvgIpc) is 2.76. The van der Waals surface area contributed by atoms with E-state index >= 15 is 0 Å². The van der Waals surface area contributed by atoms with Crippen LogP contribution in [0.25, 0.3) is 0 Å². The molecule has 0 radical (unpaired) electrons. The van der Waals surface area contributed by atoms with E-state index in [1.54, 1.807) is 26.2 Å². The third-order valence-corrected chi connectivity index (χ3v) is 4.98. The highest BCUT2D eigenvalue weighted by molar-refractivity contribution is 5.48. The molecule has 1 unspecified atom stereocenters. The number of hydrogen-bond acceptors (Lipinski definition) is 5. The van der Waals surface area contributed by atoms with Crippen molar-refractivity contribution in [2.24, 2.45) is 5.92 Å². The number of benzene rings is 1. The van der Waals surface area contributed by atoms with Crippen LogP contribution in [-0.2, 0) is 10.2 Å². The summed E-state index contributed by atoms with van der Waals surface area (Å²) in [4.78, 5) is 14.4. The topological polar surface area (TPSA) is 65.8 Å². The molecular weight excluding hydrogens is 390 g/mol. The molecule has 0 heterocycles. The van der Waals surface area contributed by atoms with Gasteiger partial charge in [0.25, 0.3) is 0 Å². The van der Waals surface area contributed by atoms with Crippen LogP contribution >= 0.6 is 0 Å². The maximum atomic E-state index is 10.7. The van der Waals surface area contributed by atoms with Gasteiger partial charge in [0.1, 0.15) is 0 Å². The molecule has 0 saturated heterocycles. The second kappa shape index (κ2) is 17.4. The molecule has 0 aliphatic rings. The Kier molecular flexibility index (Phi) is 17.4. The molecule has 178 valence electrons. The van der Waals surface area contributed by atoms with E-state index in [4.69, 9.17) is 9.47 Å². The number of rotatable bonds is 10. The molecule has 1 aromatic rings. The van der Waals surface area contributed by atoms with Gasteiger partial charge in [-0.15, -0.1) is 0 Å². The lowest BCUT2D eigenvalue weighted by molar-refractivity contribution is -0.117. The second-order valence-corrected chi connectivity index (χ2v) is 8.10. The second-order valence-electron chi connectivity index (χ2n) is 8.10. The van der Waals surface area contributed by atoms with Crippen LogP contribution in [0.4, 0.5) is 0 Å². The number of hydrogen-bond donors (Lipinski definition) is 0. The smallest absolute Gasteiger partial charge is 0.209 e. The zero-order valence-electron chi connectivity index (χ0n) is 21.5. The highest BCUT2D eigenvalue weighted by Crippen LogP contribution is 2.40. The van der Waals surface area contributed by atoms with Crippen LogP contribution in [0.1, 0.15) is 59.4 Å². The summed E-state index contributed by atoms with van der Waals surface area (Å²) in [6.45, 7) is 12.2. The highest BCUT2D eigenvalue weighted by atomic mass is 16.5. The Balaban J connectivity index is 0. The number of methoxy groups -OCH3 is 2. The van der Waals surface area contributed by atoms with Crippen molar-refractivity contribution in [3.8, 4) is 17.6 Å². The van der Waals surface area contributed by atoms with Crippen LogP contribution < -0.4 is 9.47 Å². The molecule has 6 heteroatoms. The molecular formula is C25H45N3O3. The Bertz CT molecular complexity index is 641. The molecule has 0 aliphatic carbocycles. The first kappa shape index (κ1) is 30.9. The van der Waals surface area contributed by atoms with Gasteiger partial charge in [-0.05, 0) is 57.1 Å². The predicted molar refractivity (Wildman–Crippen MR) is 130 cm³/mol. The molecule has 1 atom stereocenters. The third-order valence-electron chi connectivity index (χ3n) is 4.98. The van der Waals surface area contributed by atoms with Gasteiger partial charge in [0.05, 0.1) is 25.7 Å². The monoisotopic (exact) mass is 435 g/mol. The maximum Gasteiger partial charge on any atom is 0.209 e. The first-order valence-corrected chi connectivity index (χ1v) is 11.1. The van der Waals surface area contributed by atoms with Gasteiger partial charge in [-0.2, -0.15) is 5.26 Å². The van der Waals surface area contributed by atoms with Gasteiger partial charge < -0.3 is 19.3 Å². The van der Waals surface area contributed by atoms with E-state index < -0.39 is 5.41 Å². The summed E-state index contributed by atoms with van der Waals surface area (Å²) < 4.78 is 10.6. The molecule has 1 amide bonds. The largest absolute Gasteiger partial charge is 0.493 e. The van der Waals surface area contributed by atoms with E-state index in [9.17, 15) is 10.1 Å². The molecule has 6 nitrogen and oxygen atoms in total. The minimum Gasteiger partial charge on any atom is -0.493 e. The van der Waals surface area contributed by atoms with E-state index in [0.29, 0.717) is 24.5 Å². The van der Waals surface area contributed by atoms with Crippen molar-refractivity contribution in [2.45, 2.75) is 59.3 Å². The minimum absolute atomic E-state index is 0.132. The van der Waals surface area contributed by atoms with Crippen molar-refractivity contribution in [2.75, 3.05) is 48.5 Å². The van der Waals surface area contributed by atoms with Gasteiger partial charge in [0.15, 0.2) is 11.5 Å². The number of amides is 1. The van der Waals surface area contributed by atoms with E-state index in [2.05, 4.69) is 45.8 Å². The summed E-state index contributed by atoms with van der Waals surface area (Å²) in [6.07, 6.45) is 3.49. The van der Waals surface area contributed by atoms with E-state index in [1.807, 2.05) is 32.0 Å². The molecule has 0 spiro atoms. The molecule has 0 N–H and O–H groups in total. The minimum atomic E-state index is -0.622. The summed E-state index contributed by atoms with van der Waals surface area (Å²) in [6, 6.07) is 8.15. The fourth-order valence-electron chi connectivity index (χ4n) is 2.79. The van der Waals surface area contributed by atoms with Crippen LogP contribution in [0.2, 0.25) is 0 Å². The lowest BCUT2D eigenvalue weighted by Gasteiger charge is -2.32. The summed E-state index contributed by atoms with van der Waals surface area (Å²) in [7, 11) is 9.03. The van der Waals surface area contributed by atoms with E-state index in [-0.39, 0.29) is 5.92 Å². The number of nitriles is 1. The molecule has 1 rings (SSSR count). The van der Waals surface area contributed by atoms with Gasteiger partial charge in [-0.3, -0.25) is 4.79 Å². The summed E-state index contributed by atoms with van der Waals surface area (Å²) in [5.41, 5.74) is 0.296. The van der Waals surface area contributed by atoms with Crippen LogP contribution in [0.3, 0.4) is 0 Å². The standard InChI is InChI=1S/C18H26N2O3.C4H11N.C3H8/c1-14(2)18(12-19,9-6-10-20(3)13-21)15-7-8-16(22-4)17(11-15)23-5;1-4-5(2)3;1-3-2/h7-8,11,13-14H,6,9-10H2,1-5H3;4H2,1-3H3;3H2,1-2H3. The summed E-state index contributed by atoms with van der Waals surface area (Å²) >= 11 is 0. The first-order valence-electron chi connectivity index (χ1n) is 11.1. The molecule has 0 aliphatic heterocycles. The third kappa shape index (κ3) is 11.1. The van der Waals surface area contributed by atoms with Crippen LogP contribution in [0.15, 0.2) is 18.2 Å². The SMILES string of the molecule is CCC.CCN(C)C.COc1ccc(C(C#N)(CCCN(C)C=O)C(C)C)cc1OC. The Hall–Kier alpha value is -2.26. The van der Waals surface area contributed by atoms with Crippen molar-refractivity contribution >= 4 is 6.41 Å². The molecule has 0 saturated carbocycles. The Morgan fingerprint density at radius 3 is 1.97 bits per heavy atom. The number of carbonyl (C=O) groups excluding carboxylic acids is 1. The normalized spacial score (nSPS) is 11.8. The fourth-order valence-corrected chi connectivity index (χ4v) is 2.79. The molecule has 31 heavy (non-hydrogen) atoms. The Morgan fingerprint density at radius 1 is 1.10 bits per heavy atom.